The van der Waals surface area contributed by atoms with Crippen molar-refractivity contribution in [2.75, 3.05) is 0 Å². The molecule has 3 aromatic rings. The van der Waals surface area contributed by atoms with Gasteiger partial charge in [-0.05, 0) is 34.7 Å². The second kappa shape index (κ2) is 9.21. The monoisotopic (exact) mass is 414 g/mol. The third-order valence-electron chi connectivity index (χ3n) is 4.88. The molecule has 152 valence electrons. The van der Waals surface area contributed by atoms with Gasteiger partial charge in [0.25, 0.3) is 0 Å². The lowest BCUT2D eigenvalue weighted by Crippen LogP contribution is -2.19. The van der Waals surface area contributed by atoms with E-state index >= 15 is 0 Å². The van der Waals surface area contributed by atoms with Crippen LogP contribution in [0, 0.1) is 34.5 Å². The summed E-state index contributed by atoms with van der Waals surface area (Å²) in [5, 5.41) is 19.3. The fourth-order valence-corrected chi connectivity index (χ4v) is 3.23. The average Bonchev–Trinajstić information content (AvgIpc) is 2.80. The van der Waals surface area contributed by atoms with Gasteiger partial charge in [-0.3, -0.25) is 0 Å². The zero-order valence-electron chi connectivity index (χ0n) is 16.4. The number of nitrogens with zero attached hydrogens (tertiary/aromatic N) is 2. The number of halogens is 3. The number of hydrogen-bond acceptors (Lipinski definition) is 2. The van der Waals surface area contributed by atoms with Crippen molar-refractivity contribution in [3.63, 3.8) is 0 Å². The summed E-state index contributed by atoms with van der Waals surface area (Å²) < 4.78 is 39.3. The Morgan fingerprint density at radius 1 is 0.710 bits per heavy atom. The Balaban J connectivity index is 1.81. The quantitative estimate of drug-likeness (QED) is 0.471. The van der Waals surface area contributed by atoms with Crippen LogP contribution in [-0.2, 0) is 18.0 Å². The van der Waals surface area contributed by atoms with E-state index in [0.29, 0.717) is 5.56 Å². The van der Waals surface area contributed by atoms with Crippen LogP contribution in [0.5, 0.6) is 0 Å². The molecule has 0 radical (unpaired) electrons. The Labute approximate surface area is 179 Å². The maximum Gasteiger partial charge on any atom is 0.416 e. The third kappa shape index (κ3) is 4.95. The van der Waals surface area contributed by atoms with Crippen molar-refractivity contribution in [3.05, 3.63) is 95.6 Å². The van der Waals surface area contributed by atoms with Crippen LogP contribution in [-0.4, -0.2) is 0 Å². The number of alkyl halides is 3. The fourth-order valence-electron chi connectivity index (χ4n) is 3.23. The molecule has 0 bridgehead atoms. The number of rotatable bonds is 4. The van der Waals surface area contributed by atoms with E-state index in [0.717, 1.165) is 17.2 Å². The van der Waals surface area contributed by atoms with Crippen LogP contribution in [0.2, 0.25) is 0 Å². The van der Waals surface area contributed by atoms with Crippen LogP contribution in [0.3, 0.4) is 0 Å². The second-order valence-electron chi connectivity index (χ2n) is 6.87. The maximum atomic E-state index is 13.1. The van der Waals surface area contributed by atoms with Gasteiger partial charge in [0.05, 0.1) is 5.56 Å². The minimum absolute atomic E-state index is 0.0720. The van der Waals surface area contributed by atoms with Crippen molar-refractivity contribution >= 4 is 0 Å². The molecule has 0 saturated heterocycles. The molecule has 0 saturated carbocycles. The Morgan fingerprint density at radius 3 is 1.90 bits per heavy atom. The van der Waals surface area contributed by atoms with Crippen LogP contribution >= 0.6 is 0 Å². The lowest BCUT2D eigenvalue weighted by atomic mass is 9.83. The summed E-state index contributed by atoms with van der Waals surface area (Å²) in [6.45, 7) is 0. The molecule has 5 heteroatoms. The summed E-state index contributed by atoms with van der Waals surface area (Å²) in [4.78, 5) is 0. The third-order valence-corrected chi connectivity index (χ3v) is 4.88. The summed E-state index contributed by atoms with van der Waals surface area (Å²) in [6, 6.07) is 25.9. The lowest BCUT2D eigenvalue weighted by Gasteiger charge is -2.13. The summed E-state index contributed by atoms with van der Waals surface area (Å²) in [5.74, 6) is 5.42. The molecule has 0 aromatic heterocycles. The van der Waals surface area contributed by atoms with Crippen LogP contribution < -0.4 is 0 Å². The molecule has 0 atom stereocenters. The molecular weight excluding hydrogens is 397 g/mol. The van der Waals surface area contributed by atoms with Gasteiger partial charge in [-0.15, -0.1) is 0 Å². The molecule has 0 heterocycles. The lowest BCUT2D eigenvalue weighted by molar-refractivity contribution is -0.138. The normalized spacial score (nSPS) is 11.0. The van der Waals surface area contributed by atoms with Crippen LogP contribution in [0.4, 0.5) is 13.2 Å². The summed E-state index contributed by atoms with van der Waals surface area (Å²) in [5.41, 5.74) is 0.129. The SMILES string of the molecule is N#CC(C#N)(C#CCCc1ccccc1C(F)(F)F)c1ccc(-c2ccccc2)cc1. The minimum Gasteiger partial charge on any atom is -0.195 e. The highest BCUT2D eigenvalue weighted by molar-refractivity contribution is 5.65. The van der Waals surface area contributed by atoms with Crippen molar-refractivity contribution < 1.29 is 13.2 Å². The topological polar surface area (TPSA) is 47.6 Å². The Kier molecular flexibility index (Phi) is 6.44. The van der Waals surface area contributed by atoms with Crippen molar-refractivity contribution in [3.8, 4) is 35.1 Å². The molecule has 0 unspecified atom stereocenters. The van der Waals surface area contributed by atoms with Gasteiger partial charge in [-0.2, -0.15) is 23.7 Å². The molecule has 0 aliphatic heterocycles. The van der Waals surface area contributed by atoms with Gasteiger partial charge in [-0.1, -0.05) is 84.6 Å². The molecular formula is C26H17F3N2. The van der Waals surface area contributed by atoms with Gasteiger partial charge in [-0.25, -0.2) is 0 Å². The van der Waals surface area contributed by atoms with Gasteiger partial charge in [0, 0.05) is 6.42 Å². The number of aryl methyl sites for hydroxylation is 1. The Morgan fingerprint density at radius 2 is 1.29 bits per heavy atom. The van der Waals surface area contributed by atoms with E-state index in [-0.39, 0.29) is 18.4 Å². The fraction of sp³-hybridized carbons (Fsp3) is 0.154. The van der Waals surface area contributed by atoms with Crippen molar-refractivity contribution in [1.82, 2.24) is 0 Å². The maximum absolute atomic E-state index is 13.1. The standard InChI is InChI=1S/C26H17F3N2/c27-26(28,29)24-12-5-4-10-22(24)11-6-7-17-25(18-30,19-31)23-15-13-21(14-16-23)20-8-2-1-3-9-20/h1-5,8-10,12-16H,6,11H2. The summed E-state index contributed by atoms with van der Waals surface area (Å²) >= 11 is 0. The van der Waals surface area contributed by atoms with E-state index in [9.17, 15) is 23.7 Å². The number of hydrogen-bond donors (Lipinski definition) is 0. The molecule has 0 spiro atoms. The Bertz CT molecular complexity index is 1170. The Hall–Kier alpha value is -4.01. The zero-order chi connectivity index (χ0) is 22.3. The molecule has 0 aliphatic rings. The number of benzene rings is 3. The first-order valence-electron chi connectivity index (χ1n) is 9.53. The highest BCUT2D eigenvalue weighted by Gasteiger charge is 2.33. The molecule has 31 heavy (non-hydrogen) atoms. The van der Waals surface area contributed by atoms with Crippen LogP contribution in [0.1, 0.15) is 23.1 Å². The van der Waals surface area contributed by atoms with Gasteiger partial charge >= 0.3 is 6.18 Å². The highest BCUT2D eigenvalue weighted by atomic mass is 19.4. The second-order valence-corrected chi connectivity index (χ2v) is 6.87. The van der Waals surface area contributed by atoms with E-state index in [4.69, 9.17) is 0 Å². The minimum atomic E-state index is -4.44. The van der Waals surface area contributed by atoms with E-state index in [1.807, 2.05) is 54.6 Å². The predicted molar refractivity (Wildman–Crippen MR) is 112 cm³/mol. The zero-order valence-corrected chi connectivity index (χ0v) is 16.4. The van der Waals surface area contributed by atoms with E-state index in [2.05, 4.69) is 11.8 Å². The molecule has 3 rings (SSSR count). The first-order chi connectivity index (χ1) is 14.9. The van der Waals surface area contributed by atoms with E-state index in [1.165, 1.54) is 12.1 Å². The van der Waals surface area contributed by atoms with Gasteiger partial charge in [0.1, 0.15) is 12.1 Å². The van der Waals surface area contributed by atoms with Crippen molar-refractivity contribution in [2.24, 2.45) is 0 Å². The summed E-state index contributed by atoms with van der Waals surface area (Å²) in [6.07, 6.45) is -4.27. The highest BCUT2D eigenvalue weighted by Crippen LogP contribution is 2.32. The molecule has 0 N–H and O–H groups in total. The average molecular weight is 414 g/mol. The smallest absolute Gasteiger partial charge is 0.195 e. The van der Waals surface area contributed by atoms with Crippen LogP contribution in [0.25, 0.3) is 11.1 Å². The molecule has 2 nitrogen and oxygen atoms in total. The molecule has 3 aromatic carbocycles. The number of nitriles is 2. The first-order valence-corrected chi connectivity index (χ1v) is 9.53. The molecule has 0 fully saturated rings. The first kappa shape index (κ1) is 21.7. The predicted octanol–water partition coefficient (Wildman–Crippen LogP) is 6.29. The van der Waals surface area contributed by atoms with Crippen molar-refractivity contribution in [2.45, 2.75) is 24.4 Å². The van der Waals surface area contributed by atoms with Gasteiger partial charge in [0.15, 0.2) is 0 Å². The van der Waals surface area contributed by atoms with Gasteiger partial charge in [0.2, 0.25) is 5.41 Å². The van der Waals surface area contributed by atoms with E-state index in [1.54, 1.807) is 18.2 Å². The molecule has 0 amide bonds. The van der Waals surface area contributed by atoms with Gasteiger partial charge < -0.3 is 0 Å². The largest absolute Gasteiger partial charge is 0.416 e. The van der Waals surface area contributed by atoms with Crippen molar-refractivity contribution in [1.29, 1.82) is 10.5 Å². The van der Waals surface area contributed by atoms with E-state index < -0.39 is 17.2 Å². The van der Waals surface area contributed by atoms with Crippen LogP contribution in [0.15, 0.2) is 78.9 Å². The summed E-state index contributed by atoms with van der Waals surface area (Å²) in [7, 11) is 0. The molecule has 0 aliphatic carbocycles.